The van der Waals surface area contributed by atoms with Crippen molar-refractivity contribution in [1.29, 1.82) is 0 Å². The number of piperidine rings is 1. The van der Waals surface area contributed by atoms with Gasteiger partial charge in [-0.1, -0.05) is 0 Å². The Kier molecular flexibility index (Phi) is 2.98. The number of aliphatic carboxylic acids is 1. The van der Waals surface area contributed by atoms with Crippen LogP contribution in [0.2, 0.25) is 0 Å². The van der Waals surface area contributed by atoms with E-state index in [4.69, 9.17) is 0 Å². The van der Waals surface area contributed by atoms with Crippen LogP contribution in [0.15, 0.2) is 0 Å². The van der Waals surface area contributed by atoms with Crippen molar-refractivity contribution in [3.8, 4) is 0 Å². The van der Waals surface area contributed by atoms with Crippen LogP contribution in [0.1, 0.15) is 32.1 Å². The molecular weight excluding hydrogens is 192 g/mol. The van der Waals surface area contributed by atoms with Crippen molar-refractivity contribution in [3.05, 3.63) is 0 Å². The Morgan fingerprint density at radius 2 is 2.27 bits per heavy atom. The lowest BCUT2D eigenvalue weighted by Crippen LogP contribution is -2.64. The van der Waals surface area contributed by atoms with Gasteiger partial charge in [-0.2, -0.15) is 0 Å². The molecule has 0 aromatic carbocycles. The molecular formula is C11H20N2O2. The number of carboxylic acid groups (broad SMARTS) is 1. The average Bonchev–Trinajstić information content (AvgIpc) is 2.66. The number of likely N-dealkylation sites (tertiary alicyclic amines) is 1. The van der Waals surface area contributed by atoms with Crippen molar-refractivity contribution in [2.24, 2.45) is 0 Å². The Morgan fingerprint density at radius 3 is 2.73 bits per heavy atom. The first-order valence-electron chi connectivity index (χ1n) is 5.85. The van der Waals surface area contributed by atoms with E-state index in [0.717, 1.165) is 45.2 Å². The molecule has 2 heterocycles. The molecule has 0 aromatic rings. The van der Waals surface area contributed by atoms with Gasteiger partial charge in [0, 0.05) is 6.04 Å². The Hall–Kier alpha value is -0.610. The van der Waals surface area contributed by atoms with Gasteiger partial charge in [-0.25, -0.2) is 0 Å². The molecule has 2 aliphatic heterocycles. The standard InChI is InChI=1S/C11H20N2O2/c1-13-8-4-5-9(13)11(10(14)15)6-2-3-7-12-11/h9,12H,2-8H2,1H3,(H,14,15). The maximum absolute atomic E-state index is 11.5. The summed E-state index contributed by atoms with van der Waals surface area (Å²) >= 11 is 0. The summed E-state index contributed by atoms with van der Waals surface area (Å²) in [5.74, 6) is -0.666. The molecule has 2 aliphatic rings. The number of hydrogen-bond donors (Lipinski definition) is 2. The van der Waals surface area contributed by atoms with Gasteiger partial charge >= 0.3 is 5.97 Å². The minimum absolute atomic E-state index is 0.176. The van der Waals surface area contributed by atoms with Crippen molar-refractivity contribution in [1.82, 2.24) is 10.2 Å². The van der Waals surface area contributed by atoms with Crippen LogP contribution in [0, 0.1) is 0 Å². The Bertz CT molecular complexity index is 249. The summed E-state index contributed by atoms with van der Waals surface area (Å²) in [6.07, 6.45) is 5.04. The Labute approximate surface area is 90.6 Å². The quantitative estimate of drug-likeness (QED) is 0.706. The molecule has 4 heteroatoms. The molecule has 0 amide bonds. The Morgan fingerprint density at radius 1 is 1.47 bits per heavy atom. The highest BCUT2D eigenvalue weighted by Gasteiger charge is 2.49. The molecule has 2 fully saturated rings. The van der Waals surface area contributed by atoms with Gasteiger partial charge in [0.15, 0.2) is 0 Å². The molecule has 0 aromatic heterocycles. The van der Waals surface area contributed by atoms with Gasteiger partial charge in [0.25, 0.3) is 0 Å². The van der Waals surface area contributed by atoms with E-state index >= 15 is 0 Å². The normalized spacial score (nSPS) is 38.1. The van der Waals surface area contributed by atoms with E-state index in [2.05, 4.69) is 10.2 Å². The number of hydrogen-bond acceptors (Lipinski definition) is 3. The van der Waals surface area contributed by atoms with E-state index in [1.165, 1.54) is 0 Å². The van der Waals surface area contributed by atoms with Gasteiger partial charge in [-0.05, 0) is 52.2 Å². The minimum Gasteiger partial charge on any atom is -0.480 e. The van der Waals surface area contributed by atoms with E-state index in [0.29, 0.717) is 0 Å². The number of carbonyl (C=O) groups is 1. The molecule has 2 rings (SSSR count). The van der Waals surface area contributed by atoms with Crippen LogP contribution in [0.4, 0.5) is 0 Å². The number of nitrogens with zero attached hydrogens (tertiary/aromatic N) is 1. The molecule has 86 valence electrons. The molecule has 0 saturated carbocycles. The fraction of sp³-hybridized carbons (Fsp3) is 0.909. The number of carboxylic acids is 1. The Balaban J connectivity index is 2.20. The maximum atomic E-state index is 11.5. The number of rotatable bonds is 2. The first-order valence-corrected chi connectivity index (χ1v) is 5.85. The van der Waals surface area contributed by atoms with Gasteiger partial charge in [0.1, 0.15) is 5.54 Å². The second kappa shape index (κ2) is 4.10. The van der Waals surface area contributed by atoms with Crippen molar-refractivity contribution in [2.45, 2.75) is 43.7 Å². The molecule has 2 saturated heterocycles. The first-order chi connectivity index (χ1) is 7.17. The van der Waals surface area contributed by atoms with E-state index in [9.17, 15) is 9.90 Å². The molecule has 0 radical (unpaired) electrons. The van der Waals surface area contributed by atoms with E-state index < -0.39 is 11.5 Å². The lowest BCUT2D eigenvalue weighted by Gasteiger charge is -2.42. The van der Waals surface area contributed by atoms with Crippen LogP contribution in [0.3, 0.4) is 0 Å². The predicted octanol–water partition coefficient (Wildman–Crippen LogP) is 0.677. The maximum Gasteiger partial charge on any atom is 0.325 e. The van der Waals surface area contributed by atoms with E-state index in [-0.39, 0.29) is 6.04 Å². The van der Waals surface area contributed by atoms with Crippen LogP contribution in [0.25, 0.3) is 0 Å². The van der Waals surface area contributed by atoms with Gasteiger partial charge in [-0.15, -0.1) is 0 Å². The third-order valence-corrected chi connectivity index (χ3v) is 3.91. The largest absolute Gasteiger partial charge is 0.480 e. The van der Waals surface area contributed by atoms with Crippen molar-refractivity contribution in [3.63, 3.8) is 0 Å². The zero-order valence-electron chi connectivity index (χ0n) is 9.33. The summed E-state index contributed by atoms with van der Waals surface area (Å²) < 4.78 is 0. The highest BCUT2D eigenvalue weighted by atomic mass is 16.4. The fourth-order valence-corrected chi connectivity index (χ4v) is 3.07. The second-order valence-electron chi connectivity index (χ2n) is 4.80. The average molecular weight is 212 g/mol. The molecule has 2 unspecified atom stereocenters. The molecule has 4 nitrogen and oxygen atoms in total. The van der Waals surface area contributed by atoms with E-state index in [1.807, 2.05) is 7.05 Å². The summed E-state index contributed by atoms with van der Waals surface area (Å²) in [7, 11) is 2.04. The van der Waals surface area contributed by atoms with Crippen LogP contribution >= 0.6 is 0 Å². The zero-order valence-corrected chi connectivity index (χ0v) is 9.33. The van der Waals surface area contributed by atoms with E-state index in [1.54, 1.807) is 0 Å². The smallest absolute Gasteiger partial charge is 0.325 e. The SMILES string of the molecule is CN1CCCC1C1(C(=O)O)CCCCN1. The van der Waals surface area contributed by atoms with Gasteiger partial charge < -0.3 is 15.3 Å². The third-order valence-electron chi connectivity index (χ3n) is 3.91. The topological polar surface area (TPSA) is 52.6 Å². The second-order valence-corrected chi connectivity index (χ2v) is 4.80. The third kappa shape index (κ3) is 1.76. The summed E-state index contributed by atoms with van der Waals surface area (Å²) in [4.78, 5) is 13.7. The van der Waals surface area contributed by atoms with Crippen molar-refractivity contribution < 1.29 is 9.90 Å². The lowest BCUT2D eigenvalue weighted by molar-refractivity contribution is -0.149. The summed E-state index contributed by atoms with van der Waals surface area (Å²) in [6.45, 7) is 1.87. The molecule has 2 atom stereocenters. The zero-order chi connectivity index (χ0) is 10.9. The number of nitrogens with one attached hydrogen (secondary N) is 1. The van der Waals surface area contributed by atoms with Crippen LogP contribution in [0.5, 0.6) is 0 Å². The molecule has 0 spiro atoms. The molecule has 2 N–H and O–H groups in total. The fourth-order valence-electron chi connectivity index (χ4n) is 3.07. The highest BCUT2D eigenvalue weighted by molar-refractivity contribution is 5.80. The number of likely N-dealkylation sites (N-methyl/N-ethyl adjacent to an activating group) is 1. The van der Waals surface area contributed by atoms with Crippen LogP contribution < -0.4 is 5.32 Å². The molecule has 15 heavy (non-hydrogen) atoms. The first kappa shape index (κ1) is 10.9. The van der Waals surface area contributed by atoms with Crippen LogP contribution in [-0.4, -0.2) is 47.7 Å². The summed E-state index contributed by atoms with van der Waals surface area (Å²) in [5.41, 5.74) is -0.677. The minimum atomic E-state index is -0.677. The van der Waals surface area contributed by atoms with Crippen molar-refractivity contribution in [2.75, 3.05) is 20.1 Å². The predicted molar refractivity (Wildman–Crippen MR) is 57.9 cm³/mol. The van der Waals surface area contributed by atoms with Crippen molar-refractivity contribution >= 4 is 5.97 Å². The molecule has 0 bridgehead atoms. The van der Waals surface area contributed by atoms with Crippen LogP contribution in [-0.2, 0) is 4.79 Å². The monoisotopic (exact) mass is 212 g/mol. The van der Waals surface area contributed by atoms with Gasteiger partial charge in [-0.3, -0.25) is 4.79 Å². The summed E-state index contributed by atoms with van der Waals surface area (Å²) in [5, 5.41) is 12.7. The van der Waals surface area contributed by atoms with Gasteiger partial charge in [0.05, 0.1) is 0 Å². The lowest BCUT2D eigenvalue weighted by atomic mass is 9.81. The highest BCUT2D eigenvalue weighted by Crippen LogP contribution is 2.32. The van der Waals surface area contributed by atoms with Gasteiger partial charge in [0.2, 0.25) is 0 Å². The molecule has 0 aliphatic carbocycles. The summed E-state index contributed by atoms with van der Waals surface area (Å²) in [6, 6.07) is 0.176.